The van der Waals surface area contributed by atoms with Crippen molar-refractivity contribution in [1.82, 2.24) is 35.0 Å². The Bertz CT molecular complexity index is 5060. The van der Waals surface area contributed by atoms with E-state index in [9.17, 15) is 39.6 Å². The number of hydrogen-bond acceptors (Lipinski definition) is 26. The average molecular weight is 1720 g/mol. The highest BCUT2D eigenvalue weighted by atomic mass is 32.3. The second kappa shape index (κ2) is 33.0. The van der Waals surface area contributed by atoms with E-state index >= 15 is 0 Å². The minimum absolute atomic E-state index is 0.183. The Labute approximate surface area is 716 Å². The van der Waals surface area contributed by atoms with Crippen molar-refractivity contribution in [2.75, 3.05) is 111 Å². The van der Waals surface area contributed by atoms with Crippen molar-refractivity contribution in [2.24, 2.45) is 28.5 Å². The van der Waals surface area contributed by atoms with Gasteiger partial charge in [-0.3, -0.25) is 48.5 Å². The van der Waals surface area contributed by atoms with Gasteiger partial charge < -0.3 is 63.9 Å². The number of carbonyl (C=O) groups is 4. The Morgan fingerprint density at radius 1 is 0.561 bits per heavy atom. The molecule has 0 radical (unpaired) electrons. The van der Waals surface area contributed by atoms with Crippen LogP contribution in [-0.2, 0) is 97.5 Å². The zero-order chi connectivity index (χ0) is 89.1. The third-order valence-corrected chi connectivity index (χ3v) is 30.8. The number of rotatable bonds is 12. The largest absolute Gasteiger partial charge is 0.496 e. The Morgan fingerprint density at radius 2 is 0.943 bits per heavy atom. The first-order chi connectivity index (χ1) is 58.3. The summed E-state index contributed by atoms with van der Waals surface area (Å²) in [6.07, 6.45) is 15.0. The quantitative estimate of drug-likeness (QED) is 0.0116. The molecule has 664 valence electrons. The van der Waals surface area contributed by atoms with E-state index in [1.807, 2.05) is 23.9 Å². The van der Waals surface area contributed by atoms with Gasteiger partial charge in [0.05, 0.1) is 44.6 Å². The topological polar surface area (TPSA) is 427 Å². The van der Waals surface area contributed by atoms with Crippen LogP contribution >= 0.6 is 0 Å². The van der Waals surface area contributed by atoms with Gasteiger partial charge in [0.2, 0.25) is 11.2 Å². The van der Waals surface area contributed by atoms with Crippen molar-refractivity contribution in [3.8, 4) is 11.5 Å². The van der Waals surface area contributed by atoms with Crippen molar-refractivity contribution < 1.29 is 100.0 Å². The Hall–Kier alpha value is -9.21. The molecular weight excluding hydrogens is 1600 g/mol. The normalized spacial score (nSPS) is 35.6. The number of nitrogens with two attached hydrogens (primary N) is 1. The van der Waals surface area contributed by atoms with E-state index in [4.69, 9.17) is 66.2 Å². The third-order valence-electron chi connectivity index (χ3n) is 30.8. The fourth-order valence-electron chi connectivity index (χ4n) is 26.7. The van der Waals surface area contributed by atoms with Crippen LogP contribution < -0.4 is 30.5 Å². The number of aromatic nitrogens is 2. The Kier molecular flexibility index (Phi) is 24.1. The summed E-state index contributed by atoms with van der Waals surface area (Å²) < 4.78 is 62.2. The number of anilines is 2. The van der Waals surface area contributed by atoms with Crippen LogP contribution in [0.4, 0.5) is 11.4 Å². The molecule has 18 rings (SSSR count). The van der Waals surface area contributed by atoms with Crippen LogP contribution in [0, 0.1) is 22.7 Å². The first-order valence-electron chi connectivity index (χ1n) is 42.7. The summed E-state index contributed by atoms with van der Waals surface area (Å²) in [7, 11) is 3.94. The van der Waals surface area contributed by atoms with E-state index in [1.165, 1.54) is 54.2 Å². The first-order valence-corrected chi connectivity index (χ1v) is 44.1. The number of hydrogen-bond donors (Lipinski definition) is 10. The molecule has 4 bridgehead atoms. The van der Waals surface area contributed by atoms with Gasteiger partial charge in [0.1, 0.15) is 11.5 Å². The van der Waals surface area contributed by atoms with Crippen molar-refractivity contribution in [1.29, 1.82) is 0 Å². The van der Waals surface area contributed by atoms with Crippen LogP contribution in [0.25, 0.3) is 21.8 Å². The van der Waals surface area contributed by atoms with E-state index in [0.29, 0.717) is 64.6 Å². The van der Waals surface area contributed by atoms with Crippen LogP contribution in [0.1, 0.15) is 164 Å². The summed E-state index contributed by atoms with van der Waals surface area (Å²) in [4.78, 5) is 109. The highest BCUT2D eigenvalue weighted by Gasteiger charge is 2.82. The second-order valence-corrected chi connectivity index (χ2v) is 37.8. The van der Waals surface area contributed by atoms with Gasteiger partial charge in [-0.1, -0.05) is 88.4 Å². The number of carbonyl (C=O) groups excluding carboxylic acids is 8. The van der Waals surface area contributed by atoms with Gasteiger partial charge in [-0.25, -0.2) is 10.6 Å². The summed E-state index contributed by atoms with van der Waals surface area (Å²) in [5.74, 6) is 5.11. The van der Waals surface area contributed by atoms with Crippen LogP contribution in [-0.4, -0.2) is 263 Å². The maximum Gasteiger partial charge on any atom is 0.394 e. The number of para-hydroxylation sites is 2. The van der Waals surface area contributed by atoms with Crippen LogP contribution in [0.15, 0.2) is 97.1 Å². The minimum atomic E-state index is -4.67. The van der Waals surface area contributed by atoms with Crippen LogP contribution in [0.5, 0.6) is 11.5 Å². The average Bonchev–Trinajstić information content (AvgIpc) is 1.48. The molecule has 10 aliphatic heterocycles. The number of benzene rings is 4. The number of nitrogens with one attached hydrogen (secondary N) is 3. The number of esters is 3. The number of aliphatic hydroxyl groups is 4. The highest BCUT2D eigenvalue weighted by Crippen LogP contribution is 2.71. The predicted octanol–water partition coefficient (Wildman–Crippen LogP) is 6.67. The molecule has 4 saturated heterocycles. The first kappa shape index (κ1) is 90.0. The number of ether oxygens (including phenoxy) is 5. The molecule has 2 aromatic heterocycles. The number of hydrazine groups is 1. The molecule has 123 heavy (non-hydrogen) atoms. The molecular formula is C91H118N10O21S. The lowest BCUT2D eigenvalue weighted by atomic mass is 9.47. The molecule has 12 aliphatic rings. The summed E-state index contributed by atoms with van der Waals surface area (Å²) in [5, 5.41) is 52.8. The molecule has 20 atom stereocenters. The molecule has 31 nitrogen and oxygen atoms in total. The van der Waals surface area contributed by atoms with E-state index in [1.54, 1.807) is 14.2 Å². The Balaban J connectivity index is 0.000000179. The summed E-state index contributed by atoms with van der Waals surface area (Å²) in [6.45, 7) is 23.5. The van der Waals surface area contributed by atoms with Gasteiger partial charge in [-0.05, 0) is 162 Å². The van der Waals surface area contributed by atoms with Crippen molar-refractivity contribution >= 4 is 79.7 Å². The lowest BCUT2D eigenvalue weighted by molar-refractivity contribution is -0.228. The lowest BCUT2D eigenvalue weighted by Gasteiger charge is -2.63. The van der Waals surface area contributed by atoms with Gasteiger partial charge in [0.25, 0.3) is 5.91 Å². The van der Waals surface area contributed by atoms with Gasteiger partial charge in [0.15, 0.2) is 12.2 Å². The molecule has 32 heteroatoms. The number of aromatic amines is 2. The monoisotopic (exact) mass is 1720 g/mol. The molecule has 2 saturated carbocycles. The molecule has 2 aliphatic carbocycles. The number of methoxy groups -OCH3 is 3. The van der Waals surface area contributed by atoms with Crippen molar-refractivity contribution in [3.05, 3.63) is 142 Å². The number of fused-ring (bicyclic) bond motifs is 12. The molecule has 6 aromatic rings. The molecule has 4 aromatic carbocycles. The van der Waals surface area contributed by atoms with Gasteiger partial charge in [-0.15, -0.1) is 0 Å². The lowest BCUT2D eigenvalue weighted by Crippen LogP contribution is -2.82. The number of piperidine rings is 2. The van der Waals surface area contributed by atoms with Crippen LogP contribution in [0.2, 0.25) is 0 Å². The summed E-state index contributed by atoms with van der Waals surface area (Å²) in [6, 6.07) is 24.0. The summed E-state index contributed by atoms with van der Waals surface area (Å²) >= 11 is 0. The van der Waals surface area contributed by atoms with Crippen molar-refractivity contribution in [2.45, 2.75) is 213 Å². The number of nitrogens with zero attached hydrogens (tertiary/aromatic N) is 6. The number of H-pyrrole nitrogens is 2. The van der Waals surface area contributed by atoms with Gasteiger partial charge >= 0.3 is 40.6 Å². The van der Waals surface area contributed by atoms with E-state index < -0.39 is 113 Å². The van der Waals surface area contributed by atoms with E-state index in [2.05, 4.69) is 174 Å². The molecule has 2 spiro atoms. The van der Waals surface area contributed by atoms with Crippen LogP contribution in [0.3, 0.4) is 0 Å². The third kappa shape index (κ3) is 14.0. The molecule has 1 amide bonds. The second-order valence-electron chi connectivity index (χ2n) is 36.9. The number of likely N-dealkylation sites (N-methyl/N-ethyl adjacent to an activating group) is 2. The molecule has 11 N–H and O–H groups in total. The number of amides is 1. The Morgan fingerprint density at radius 3 is 1.30 bits per heavy atom. The van der Waals surface area contributed by atoms with Crippen molar-refractivity contribution in [3.63, 3.8) is 0 Å². The van der Waals surface area contributed by atoms with E-state index in [-0.39, 0.29) is 36.2 Å². The fraction of sp³-hybridized carbons (Fsp3) is 0.582. The van der Waals surface area contributed by atoms with Gasteiger partial charge in [-0.2, -0.15) is 27.6 Å². The van der Waals surface area contributed by atoms with Gasteiger partial charge in [0, 0.05) is 193 Å². The van der Waals surface area contributed by atoms with E-state index in [0.717, 1.165) is 134 Å². The standard InChI is InChI=1S/C45H58N4O7.C44H58N6O6.2CO2.H2O4S/c1-8-42(52)24-28-23-41(4,36-30(15-19-48(25-28)26-42)29-13-10-11-14-33(29)46-36)32-21-31-34(22-35(32)54-6)47(5)38-44(31)17-20-49-18-12-16-43(9-2,37(44)49)39(56-27(3)50)45(38,53)40(51)55-7;1-7-41(53)23-27-22-40(4,35-29(14-18-49(24-27)25-41)28-12-9-10-13-32(28)46-35)31-20-30-33(21-34(31)55-6)48(5)37-43(30)16-19-50-17-11-15-42(8-2,36(43)50)38(56-26(3)51)44(37,54)39(52)47-45;2*2-1-3;1-5(2,3)4/h10-14,16,21-22,28,37-39,46,52-53H,8-9,15,17-20,23-26H2,1-7H3;9-13,15,20-21,27,36-38,46,53-54H,7-8,14,16-19,22-25,45H2,1-6H3,(H,47,52);;;(H2,1,2,3,4)/t28?,37-,38+,39+,41+,42?,43+,44?,45-;27?,36-,37+,38+,40+,41?,42+,43?,44-;;;/m00.../s1. The minimum Gasteiger partial charge on any atom is -0.496 e. The maximum atomic E-state index is 14.3. The smallest absolute Gasteiger partial charge is 0.394 e. The highest BCUT2D eigenvalue weighted by molar-refractivity contribution is 7.79. The zero-order valence-electron chi connectivity index (χ0n) is 72.4. The summed E-state index contributed by atoms with van der Waals surface area (Å²) in [5.41, 5.74) is 5.01. The predicted molar refractivity (Wildman–Crippen MR) is 453 cm³/mol. The SMILES string of the molecule is CCC1(O)CC2CN(CCc3c([nH]c4ccccc34)[C@@](C)(c3cc4c(cc3OC)N(C)[C@@H]3C45CCN4CC=C[C@](CC)([C@H]45)[C@@H](OC(C)=O)[C@]3(O)C(=O)NN)C2)C1.CCC1(O)CC2CN(CCc3c([nH]c4ccccc34)[C@@](C)(c3cc4c(cc3OC)N(C)[C@@H]3C45CCN4CC=C[C@](CC)([C@H]45)[C@@H](OC(C)=O)[C@]3(O)C(=O)OC)C2)C1.O=C=O.O=C=O.O=S(=O)(O)O. The molecule has 12 heterocycles. The maximum absolute atomic E-state index is 14.3. The molecule has 6 fully saturated rings. The molecule has 8 unspecified atom stereocenters. The zero-order valence-corrected chi connectivity index (χ0v) is 73.2. The fourth-order valence-corrected chi connectivity index (χ4v) is 26.7.